The molecule has 0 atom stereocenters. The summed E-state index contributed by atoms with van der Waals surface area (Å²) in [5, 5.41) is 0.698. The third-order valence-electron chi connectivity index (χ3n) is 4.65. The fourth-order valence-corrected chi connectivity index (χ4v) is 3.78. The van der Waals surface area contributed by atoms with Crippen LogP contribution in [0.4, 0.5) is 0 Å². The Balaban J connectivity index is 3.89. The zero-order valence-corrected chi connectivity index (χ0v) is 21.8. The smallest absolute Gasteiger partial charge is 0.307 e. The van der Waals surface area contributed by atoms with Gasteiger partial charge in [0.1, 0.15) is 0 Å². The minimum absolute atomic E-state index is 0.0786. The summed E-state index contributed by atoms with van der Waals surface area (Å²) in [7, 11) is 0. The molecule has 0 aliphatic rings. The van der Waals surface area contributed by atoms with Crippen molar-refractivity contribution >= 4 is 23.2 Å². The van der Waals surface area contributed by atoms with Crippen LogP contribution in [0.25, 0.3) is 0 Å². The molecule has 0 fully saturated rings. The van der Waals surface area contributed by atoms with E-state index >= 15 is 0 Å². The third kappa shape index (κ3) is 20.6. The number of thiocarbonyl (C=S) groups is 1. The van der Waals surface area contributed by atoms with E-state index in [1.165, 1.54) is 25.7 Å². The lowest BCUT2D eigenvalue weighted by Gasteiger charge is -2.29. The number of ether oxygens (including phenoxy) is 2. The maximum absolute atomic E-state index is 12.1. The molecule has 0 N–H and O–H groups in total. The third-order valence-corrected chi connectivity index (χ3v) is 4.91. The normalized spacial score (nSPS) is 12.3. The minimum atomic E-state index is -0.0786. The van der Waals surface area contributed by atoms with E-state index in [4.69, 9.17) is 21.7 Å². The van der Waals surface area contributed by atoms with Crippen LogP contribution in [0.5, 0.6) is 0 Å². The molecule has 30 heavy (non-hydrogen) atoms. The monoisotopic (exact) mass is 443 g/mol. The summed E-state index contributed by atoms with van der Waals surface area (Å²) in [5.41, 5.74) is 0.412. The summed E-state index contributed by atoms with van der Waals surface area (Å²) >= 11 is 5.26. The summed E-state index contributed by atoms with van der Waals surface area (Å²) in [5.74, 6) is -0.0786. The summed E-state index contributed by atoms with van der Waals surface area (Å²) in [6, 6.07) is 0. The highest BCUT2D eigenvalue weighted by molar-refractivity contribution is 7.80. The molecule has 4 nitrogen and oxygen atoms in total. The first-order valence-corrected chi connectivity index (χ1v) is 12.4. The molecule has 0 saturated carbocycles. The Kier molecular flexibility index (Phi) is 15.7. The lowest BCUT2D eigenvalue weighted by atomic mass is 9.93. The molecular formula is C25H49NO3S. The minimum Gasteiger partial charge on any atom is -0.487 e. The van der Waals surface area contributed by atoms with Crippen molar-refractivity contribution in [3.63, 3.8) is 0 Å². The maximum atomic E-state index is 12.1. The van der Waals surface area contributed by atoms with Crippen molar-refractivity contribution in [3.8, 4) is 0 Å². The van der Waals surface area contributed by atoms with Crippen LogP contribution >= 0.6 is 12.2 Å². The van der Waals surface area contributed by atoms with Gasteiger partial charge in [0.15, 0.2) is 5.05 Å². The molecule has 0 aromatic rings. The molecule has 5 heteroatoms. The zero-order chi connectivity index (χ0) is 23.0. The van der Waals surface area contributed by atoms with Crippen LogP contribution in [0.3, 0.4) is 0 Å². The van der Waals surface area contributed by atoms with Crippen LogP contribution in [0.1, 0.15) is 106 Å². The molecule has 178 valence electrons. The van der Waals surface area contributed by atoms with Crippen molar-refractivity contribution in [2.75, 3.05) is 32.8 Å². The highest BCUT2D eigenvalue weighted by Gasteiger charge is 2.17. The first-order valence-electron chi connectivity index (χ1n) is 12.0. The van der Waals surface area contributed by atoms with Crippen molar-refractivity contribution < 1.29 is 14.3 Å². The Morgan fingerprint density at radius 1 is 0.800 bits per heavy atom. The molecule has 0 rings (SSSR count). The van der Waals surface area contributed by atoms with Crippen LogP contribution in [-0.2, 0) is 14.3 Å². The van der Waals surface area contributed by atoms with Crippen molar-refractivity contribution in [1.29, 1.82) is 0 Å². The van der Waals surface area contributed by atoms with E-state index in [1.54, 1.807) is 0 Å². The molecule has 0 bridgehead atoms. The molecule has 0 unspecified atom stereocenters. The van der Waals surface area contributed by atoms with Gasteiger partial charge in [-0.15, -0.1) is 0 Å². The Morgan fingerprint density at radius 2 is 1.40 bits per heavy atom. The molecule has 0 spiro atoms. The van der Waals surface area contributed by atoms with Gasteiger partial charge in [-0.05, 0) is 55.3 Å². The Hall–Kier alpha value is -0.680. The first-order chi connectivity index (χ1) is 13.9. The second-order valence-electron chi connectivity index (χ2n) is 10.9. The number of carbonyl (C=O) groups is 1. The molecule has 0 amide bonds. The molecule has 0 aliphatic heterocycles. The predicted octanol–water partition coefficient (Wildman–Crippen LogP) is 6.80. The number of nitrogens with zero attached hydrogens (tertiary/aromatic N) is 1. The number of unbranched alkanes of at least 4 members (excludes halogenated alkanes) is 5. The highest BCUT2D eigenvalue weighted by Crippen LogP contribution is 2.20. The van der Waals surface area contributed by atoms with E-state index in [-0.39, 0.29) is 16.8 Å². The van der Waals surface area contributed by atoms with Gasteiger partial charge in [0.25, 0.3) is 0 Å². The molecular weight excluding hydrogens is 394 g/mol. The van der Waals surface area contributed by atoms with Gasteiger partial charge in [-0.2, -0.15) is 0 Å². The summed E-state index contributed by atoms with van der Waals surface area (Å²) in [6.45, 7) is 19.5. The van der Waals surface area contributed by atoms with Gasteiger partial charge in [0.2, 0.25) is 0 Å². The topological polar surface area (TPSA) is 38.8 Å². The fourth-order valence-electron chi connectivity index (χ4n) is 3.26. The lowest BCUT2D eigenvalue weighted by molar-refractivity contribution is -0.144. The standard InChI is InChI=1S/C25H49NO3S/c1-8-9-10-12-16-26(21-25(5,6)7)17-15-22(27)28-18-13-11-14-19-29-23(30)20-24(2,3)4/h8-21H2,1-7H3. The van der Waals surface area contributed by atoms with Crippen LogP contribution in [0.2, 0.25) is 0 Å². The van der Waals surface area contributed by atoms with Gasteiger partial charge in [0, 0.05) is 19.5 Å². The average Bonchev–Trinajstić information content (AvgIpc) is 2.59. The molecule has 0 radical (unpaired) electrons. The largest absolute Gasteiger partial charge is 0.487 e. The van der Waals surface area contributed by atoms with Gasteiger partial charge in [-0.25, -0.2) is 0 Å². The van der Waals surface area contributed by atoms with Crippen molar-refractivity contribution in [2.24, 2.45) is 10.8 Å². The summed E-state index contributed by atoms with van der Waals surface area (Å²) in [4.78, 5) is 14.5. The number of esters is 1. The number of carbonyl (C=O) groups excluding carboxylic acids is 1. The van der Waals surface area contributed by atoms with E-state index in [9.17, 15) is 4.79 Å². The van der Waals surface area contributed by atoms with Gasteiger partial charge < -0.3 is 14.4 Å². The molecule has 0 heterocycles. The Labute approximate surface area is 192 Å². The zero-order valence-electron chi connectivity index (χ0n) is 21.0. The highest BCUT2D eigenvalue weighted by atomic mass is 32.1. The van der Waals surface area contributed by atoms with Crippen molar-refractivity contribution in [1.82, 2.24) is 4.90 Å². The first kappa shape index (κ1) is 29.3. The van der Waals surface area contributed by atoms with E-state index in [2.05, 4.69) is 53.4 Å². The van der Waals surface area contributed by atoms with E-state index in [0.29, 0.717) is 24.7 Å². The molecule has 0 saturated heterocycles. The van der Waals surface area contributed by atoms with Crippen LogP contribution in [-0.4, -0.2) is 48.8 Å². The molecule has 0 aromatic heterocycles. The lowest BCUT2D eigenvalue weighted by Crippen LogP contribution is -2.35. The van der Waals surface area contributed by atoms with E-state index in [1.807, 2.05) is 0 Å². The Bertz CT molecular complexity index is 466. The average molecular weight is 444 g/mol. The number of rotatable bonds is 16. The summed E-state index contributed by atoms with van der Waals surface area (Å²) in [6.07, 6.45) is 9.12. The van der Waals surface area contributed by atoms with Crippen LogP contribution < -0.4 is 0 Å². The fraction of sp³-hybridized carbons (Fsp3) is 0.920. The van der Waals surface area contributed by atoms with Crippen LogP contribution in [0.15, 0.2) is 0 Å². The maximum Gasteiger partial charge on any atom is 0.307 e. The number of hydrogen-bond donors (Lipinski definition) is 0. The van der Waals surface area contributed by atoms with E-state index in [0.717, 1.165) is 45.3 Å². The van der Waals surface area contributed by atoms with E-state index < -0.39 is 0 Å². The predicted molar refractivity (Wildman–Crippen MR) is 132 cm³/mol. The van der Waals surface area contributed by atoms with Gasteiger partial charge >= 0.3 is 5.97 Å². The SMILES string of the molecule is CCCCCCN(CCC(=O)OCCCCCOC(=S)CC(C)(C)C)CC(C)(C)C. The molecule has 0 aliphatic carbocycles. The summed E-state index contributed by atoms with van der Waals surface area (Å²) < 4.78 is 11.0. The van der Waals surface area contributed by atoms with Gasteiger partial charge in [-0.1, -0.05) is 67.7 Å². The number of hydrogen-bond acceptors (Lipinski definition) is 5. The second kappa shape index (κ2) is 16.0. The quantitative estimate of drug-likeness (QED) is 0.149. The van der Waals surface area contributed by atoms with Crippen LogP contribution in [0, 0.1) is 10.8 Å². The Morgan fingerprint density at radius 3 is 1.97 bits per heavy atom. The molecule has 0 aromatic carbocycles. The van der Waals surface area contributed by atoms with Gasteiger partial charge in [-0.3, -0.25) is 4.79 Å². The second-order valence-corrected chi connectivity index (χ2v) is 11.3. The van der Waals surface area contributed by atoms with Crippen molar-refractivity contribution in [2.45, 2.75) is 106 Å². The van der Waals surface area contributed by atoms with Crippen molar-refractivity contribution in [3.05, 3.63) is 0 Å². The van der Waals surface area contributed by atoms with Gasteiger partial charge in [0.05, 0.1) is 19.6 Å².